The highest BCUT2D eigenvalue weighted by Crippen LogP contribution is 2.40. The molecule has 4 rings (SSSR count). The largest absolute Gasteiger partial charge is 0.458 e. The number of benzene rings is 2. The van der Waals surface area contributed by atoms with E-state index in [0.717, 1.165) is 17.0 Å². The van der Waals surface area contributed by atoms with Gasteiger partial charge in [0.05, 0.1) is 18.8 Å². The molecular weight excluding hydrogens is 412 g/mol. The first kappa shape index (κ1) is 20.2. The number of hydrogen-bond acceptors (Lipinski definition) is 8. The van der Waals surface area contributed by atoms with Crippen LogP contribution >= 0.6 is 11.6 Å². The number of carbonyl (C=O) groups excluding carboxylic acids is 1. The number of anilines is 1. The minimum atomic E-state index is -1.14. The van der Waals surface area contributed by atoms with Gasteiger partial charge in [0.2, 0.25) is 5.89 Å². The van der Waals surface area contributed by atoms with Gasteiger partial charge < -0.3 is 29.0 Å². The molecule has 30 heavy (non-hydrogen) atoms. The van der Waals surface area contributed by atoms with Crippen LogP contribution in [-0.4, -0.2) is 40.5 Å². The highest BCUT2D eigenvalue weighted by atomic mass is 35.5. The van der Waals surface area contributed by atoms with Crippen molar-refractivity contribution < 1.29 is 28.9 Å². The molecule has 0 bridgehead atoms. The molecule has 0 saturated carbocycles. The predicted molar refractivity (Wildman–Crippen MR) is 108 cm³/mol. The Bertz CT molecular complexity index is 1050. The number of aliphatic hydroxyl groups excluding tert-OH is 2. The Kier molecular flexibility index (Phi) is 5.89. The summed E-state index contributed by atoms with van der Waals surface area (Å²) < 4.78 is 16.4. The maximum atomic E-state index is 12.0. The summed E-state index contributed by atoms with van der Waals surface area (Å²) in [6.45, 7) is -0.0482. The van der Waals surface area contributed by atoms with E-state index in [2.05, 4.69) is 4.98 Å². The molecule has 1 aromatic heterocycles. The number of esters is 1. The first-order chi connectivity index (χ1) is 14.5. The fourth-order valence-electron chi connectivity index (χ4n) is 3.05. The molecule has 0 spiro atoms. The topological polar surface area (TPSA) is 105 Å². The van der Waals surface area contributed by atoms with Gasteiger partial charge in [0.25, 0.3) is 0 Å². The summed E-state index contributed by atoms with van der Waals surface area (Å²) in [4.78, 5) is 18.2. The van der Waals surface area contributed by atoms with Gasteiger partial charge in [0.1, 0.15) is 24.7 Å². The minimum Gasteiger partial charge on any atom is -0.458 e. The number of halogens is 1. The second kappa shape index (κ2) is 8.74. The van der Waals surface area contributed by atoms with Crippen molar-refractivity contribution >= 4 is 23.3 Å². The average molecular weight is 431 g/mol. The lowest BCUT2D eigenvalue weighted by molar-refractivity contribution is 0.00888. The second-order valence-electron chi connectivity index (χ2n) is 6.74. The number of nitrogens with zero attached hydrogens (tertiary/aromatic N) is 2. The van der Waals surface area contributed by atoms with Gasteiger partial charge in [-0.25, -0.2) is 9.78 Å². The van der Waals surface area contributed by atoms with Gasteiger partial charge in [-0.2, -0.15) is 0 Å². The van der Waals surface area contributed by atoms with Crippen LogP contribution in [-0.2, 0) is 17.8 Å². The number of rotatable bonds is 6. The van der Waals surface area contributed by atoms with Crippen molar-refractivity contribution in [3.63, 3.8) is 0 Å². The monoisotopic (exact) mass is 430 g/mol. The third kappa shape index (κ3) is 4.40. The zero-order valence-corrected chi connectivity index (χ0v) is 16.6. The lowest BCUT2D eigenvalue weighted by Crippen LogP contribution is -2.22. The Morgan fingerprint density at radius 2 is 2.10 bits per heavy atom. The Hall–Kier alpha value is -3.07. The van der Waals surface area contributed by atoms with E-state index in [1.165, 1.54) is 6.26 Å². The van der Waals surface area contributed by atoms with Gasteiger partial charge in [-0.3, -0.25) is 0 Å². The number of hydrogen-bond donors (Lipinski definition) is 2. The van der Waals surface area contributed by atoms with Crippen molar-refractivity contribution in [2.45, 2.75) is 19.2 Å². The lowest BCUT2D eigenvalue weighted by atomic mass is 10.2. The van der Waals surface area contributed by atoms with E-state index in [1.54, 1.807) is 18.2 Å². The molecule has 2 aromatic carbocycles. The van der Waals surface area contributed by atoms with E-state index in [1.807, 2.05) is 29.2 Å². The summed E-state index contributed by atoms with van der Waals surface area (Å²) in [5.74, 6) is 0.955. The van der Waals surface area contributed by atoms with Gasteiger partial charge in [-0.05, 0) is 24.3 Å². The average Bonchev–Trinajstić information content (AvgIpc) is 3.16. The molecule has 8 nitrogen and oxygen atoms in total. The summed E-state index contributed by atoms with van der Waals surface area (Å²) in [5.41, 5.74) is 1.73. The minimum absolute atomic E-state index is 0.0204. The van der Waals surface area contributed by atoms with Crippen molar-refractivity contribution in [2.75, 3.05) is 18.1 Å². The maximum absolute atomic E-state index is 12.0. The van der Waals surface area contributed by atoms with Gasteiger partial charge >= 0.3 is 5.97 Å². The van der Waals surface area contributed by atoms with Crippen LogP contribution < -0.4 is 9.64 Å². The van der Waals surface area contributed by atoms with Crippen molar-refractivity contribution in [2.24, 2.45) is 0 Å². The molecular formula is C21H19ClN2O6. The standard InChI is InChI=1S/C21H19ClN2O6/c22-14-5-6-19-17(7-14)24(8-13-3-1-2-4-18(13)30-19)9-20-23-16(12-28-20)21(27)29-11-15(26)10-25/h1-7,12,15,25-26H,8-11H2. The van der Waals surface area contributed by atoms with Gasteiger partial charge in [-0.15, -0.1) is 0 Å². The molecule has 2 heterocycles. The third-order valence-electron chi connectivity index (χ3n) is 4.52. The second-order valence-corrected chi connectivity index (χ2v) is 7.18. The fraction of sp³-hybridized carbons (Fsp3) is 0.238. The molecule has 0 radical (unpaired) electrons. The zero-order chi connectivity index (χ0) is 21.1. The van der Waals surface area contributed by atoms with E-state index in [4.69, 9.17) is 30.6 Å². The van der Waals surface area contributed by atoms with E-state index >= 15 is 0 Å². The summed E-state index contributed by atoms with van der Waals surface area (Å²) in [6.07, 6.45) is 0.0585. The first-order valence-corrected chi connectivity index (χ1v) is 9.62. The van der Waals surface area contributed by atoms with Crippen LogP contribution in [0.1, 0.15) is 21.9 Å². The van der Waals surface area contributed by atoms with Crippen molar-refractivity contribution in [3.8, 4) is 11.5 Å². The van der Waals surface area contributed by atoms with Gasteiger partial charge in [0.15, 0.2) is 11.4 Å². The SMILES string of the molecule is O=C(OCC(O)CO)c1coc(CN2Cc3ccccc3Oc3ccc(Cl)cc32)n1. The number of para-hydroxylation sites is 1. The predicted octanol–water partition coefficient (Wildman–Crippen LogP) is 3.15. The molecule has 1 aliphatic heterocycles. The molecule has 0 saturated heterocycles. The van der Waals surface area contributed by atoms with Crippen molar-refractivity contribution in [3.05, 3.63) is 70.9 Å². The number of oxazole rings is 1. The Balaban J connectivity index is 1.56. The maximum Gasteiger partial charge on any atom is 0.360 e. The fourth-order valence-corrected chi connectivity index (χ4v) is 3.21. The van der Waals surface area contributed by atoms with Crippen LogP contribution in [0.15, 0.2) is 53.1 Å². The smallest absolute Gasteiger partial charge is 0.360 e. The summed E-state index contributed by atoms with van der Waals surface area (Å²) in [5, 5.41) is 18.7. The summed E-state index contributed by atoms with van der Waals surface area (Å²) in [7, 11) is 0. The Labute approximate surface area is 177 Å². The molecule has 156 valence electrons. The summed E-state index contributed by atoms with van der Waals surface area (Å²) >= 11 is 6.21. The van der Waals surface area contributed by atoms with Crippen LogP contribution in [0.4, 0.5) is 5.69 Å². The number of aromatic nitrogens is 1. The molecule has 0 aliphatic carbocycles. The molecule has 2 N–H and O–H groups in total. The van der Waals surface area contributed by atoms with Crippen LogP contribution in [0.2, 0.25) is 5.02 Å². The molecule has 1 aliphatic rings. The first-order valence-electron chi connectivity index (χ1n) is 9.24. The normalized spacial score (nSPS) is 13.6. The van der Waals surface area contributed by atoms with E-state index in [9.17, 15) is 9.90 Å². The molecule has 1 unspecified atom stereocenters. The molecule has 3 aromatic rings. The van der Waals surface area contributed by atoms with Crippen molar-refractivity contribution in [1.29, 1.82) is 0 Å². The number of fused-ring (bicyclic) bond motifs is 2. The highest BCUT2D eigenvalue weighted by Gasteiger charge is 2.23. The number of ether oxygens (including phenoxy) is 2. The van der Waals surface area contributed by atoms with Gasteiger partial charge in [-0.1, -0.05) is 29.8 Å². The van der Waals surface area contributed by atoms with Crippen LogP contribution in [0.25, 0.3) is 0 Å². The lowest BCUT2D eigenvalue weighted by Gasteiger charge is -2.22. The van der Waals surface area contributed by atoms with E-state index in [0.29, 0.717) is 23.2 Å². The van der Waals surface area contributed by atoms with E-state index < -0.39 is 18.7 Å². The van der Waals surface area contributed by atoms with E-state index in [-0.39, 0.29) is 18.8 Å². The third-order valence-corrected chi connectivity index (χ3v) is 4.76. The number of aliphatic hydroxyl groups is 2. The summed E-state index contributed by atoms with van der Waals surface area (Å²) in [6, 6.07) is 13.1. The number of carbonyl (C=O) groups is 1. The van der Waals surface area contributed by atoms with Crippen molar-refractivity contribution in [1.82, 2.24) is 4.98 Å². The molecule has 1 atom stereocenters. The van der Waals surface area contributed by atoms with Crippen LogP contribution in [0, 0.1) is 0 Å². The Morgan fingerprint density at radius 3 is 2.93 bits per heavy atom. The quantitative estimate of drug-likeness (QED) is 0.574. The van der Waals surface area contributed by atoms with Crippen LogP contribution in [0.3, 0.4) is 0 Å². The molecule has 0 fully saturated rings. The molecule has 0 amide bonds. The zero-order valence-electron chi connectivity index (χ0n) is 15.8. The van der Waals surface area contributed by atoms with Crippen LogP contribution in [0.5, 0.6) is 11.5 Å². The highest BCUT2D eigenvalue weighted by molar-refractivity contribution is 6.31. The Morgan fingerprint density at radius 1 is 1.27 bits per heavy atom. The molecule has 9 heteroatoms. The van der Waals surface area contributed by atoms with Gasteiger partial charge in [0, 0.05) is 17.1 Å².